The van der Waals surface area contributed by atoms with E-state index in [0.717, 1.165) is 6.07 Å². The predicted molar refractivity (Wildman–Crippen MR) is 51.7 cm³/mol. The second kappa shape index (κ2) is 6.19. The molecular weight excluding hydrogens is 257 g/mol. The number of terminal acetylenes is 1. The Bertz CT molecular complexity index is 494. The van der Waals surface area contributed by atoms with Gasteiger partial charge in [0.2, 0.25) is 0 Å². The van der Waals surface area contributed by atoms with Crippen LogP contribution in [0.4, 0.5) is 13.2 Å². The van der Waals surface area contributed by atoms with Gasteiger partial charge >= 0.3 is 12.1 Å². The second-order valence-electron chi connectivity index (χ2n) is 2.62. The second-order valence-corrected chi connectivity index (χ2v) is 2.62. The molecule has 0 atom stereocenters. The molecule has 1 heterocycles. The highest BCUT2D eigenvalue weighted by molar-refractivity contribution is 5.90. The van der Waals surface area contributed by atoms with Crippen LogP contribution in [0, 0.1) is 17.3 Å². The van der Waals surface area contributed by atoms with Crippen LogP contribution in [0.2, 0.25) is 0 Å². The first-order chi connectivity index (χ1) is 8.27. The molecule has 0 saturated carbocycles. The Balaban J connectivity index is 0.000000873. The topological polar surface area (TPSA) is 99.8 Å². The van der Waals surface area contributed by atoms with Crippen molar-refractivity contribution in [3.05, 3.63) is 34.0 Å². The number of carboxylic acid groups (broad SMARTS) is 1. The van der Waals surface area contributed by atoms with Crippen LogP contribution in [0.15, 0.2) is 17.5 Å². The average molecular weight is 262 g/mol. The third-order valence-electron chi connectivity index (χ3n) is 1.55. The van der Waals surface area contributed by atoms with Crippen LogP contribution in [0.5, 0.6) is 0 Å². The van der Waals surface area contributed by atoms with E-state index in [-0.39, 0.29) is 0 Å². The Hall–Kier alpha value is -2.63. The van der Waals surface area contributed by atoms with Gasteiger partial charge in [-0.05, 0) is 18.1 Å². The van der Waals surface area contributed by atoms with Crippen molar-refractivity contribution in [2.45, 2.75) is 6.18 Å². The summed E-state index contributed by atoms with van der Waals surface area (Å²) in [6.45, 7) is 0. The molecule has 1 rings (SSSR count). The minimum absolute atomic E-state index is 0.425. The molecule has 0 aliphatic carbocycles. The standard InChI is InChI=1S/C9H4F3NO2.HNO2/c1-2-6-5(8(14)15)3-4-7(13-6)9(10,11)12;2-1-3/h1,3-4H,(H,14,15);(H,2,3). The summed E-state index contributed by atoms with van der Waals surface area (Å²) in [5.41, 5.74) is -2.16. The molecule has 0 aromatic carbocycles. The van der Waals surface area contributed by atoms with Gasteiger partial charge in [-0.2, -0.15) is 13.2 Å². The number of aromatic carboxylic acids is 1. The molecule has 0 saturated heterocycles. The summed E-state index contributed by atoms with van der Waals surface area (Å²) in [6, 6.07) is 1.36. The number of pyridine rings is 1. The Morgan fingerprint density at radius 1 is 1.44 bits per heavy atom. The minimum Gasteiger partial charge on any atom is -0.478 e. The van der Waals surface area contributed by atoms with Gasteiger partial charge < -0.3 is 10.3 Å². The minimum atomic E-state index is -4.64. The molecule has 6 nitrogen and oxygen atoms in total. The van der Waals surface area contributed by atoms with Crippen LogP contribution in [0.3, 0.4) is 0 Å². The van der Waals surface area contributed by atoms with E-state index in [4.69, 9.17) is 21.6 Å². The highest BCUT2D eigenvalue weighted by atomic mass is 19.4. The van der Waals surface area contributed by atoms with Crippen molar-refractivity contribution >= 4 is 5.97 Å². The third-order valence-corrected chi connectivity index (χ3v) is 1.55. The normalized spacial score (nSPS) is 9.67. The van der Waals surface area contributed by atoms with Gasteiger partial charge in [0.15, 0.2) is 5.34 Å². The maximum Gasteiger partial charge on any atom is 0.433 e. The van der Waals surface area contributed by atoms with Crippen LogP contribution in [-0.2, 0) is 6.18 Å². The molecule has 0 radical (unpaired) electrons. The molecule has 2 N–H and O–H groups in total. The SMILES string of the molecule is C#Cc1nc(C(F)(F)F)ccc1C(=O)O.O=NO. The van der Waals surface area contributed by atoms with E-state index in [1.54, 1.807) is 5.92 Å². The Kier molecular flexibility index (Phi) is 5.29. The van der Waals surface area contributed by atoms with Crippen LogP contribution >= 0.6 is 0 Å². The molecule has 1 aromatic heterocycles. The van der Waals surface area contributed by atoms with E-state index in [1.807, 2.05) is 0 Å². The molecule has 0 unspecified atom stereocenters. The van der Waals surface area contributed by atoms with E-state index in [2.05, 4.69) is 4.98 Å². The van der Waals surface area contributed by atoms with Gasteiger partial charge in [0.05, 0.1) is 5.56 Å². The summed E-state index contributed by atoms with van der Waals surface area (Å²) in [4.78, 5) is 21.7. The molecule has 0 fully saturated rings. The fourth-order valence-corrected chi connectivity index (χ4v) is 0.900. The lowest BCUT2D eigenvalue weighted by molar-refractivity contribution is -0.141. The van der Waals surface area contributed by atoms with E-state index in [1.165, 1.54) is 5.34 Å². The number of halogens is 3. The van der Waals surface area contributed by atoms with Gasteiger partial charge in [0, 0.05) is 0 Å². The molecule has 18 heavy (non-hydrogen) atoms. The zero-order valence-corrected chi connectivity index (χ0v) is 8.47. The Morgan fingerprint density at radius 2 is 1.94 bits per heavy atom. The fraction of sp³-hybridized carbons (Fsp3) is 0.111. The lowest BCUT2D eigenvalue weighted by atomic mass is 10.2. The number of hydrogen-bond donors (Lipinski definition) is 2. The number of carbonyl (C=O) groups is 1. The van der Waals surface area contributed by atoms with E-state index < -0.39 is 29.1 Å². The summed E-state index contributed by atoms with van der Waals surface area (Å²) in [7, 11) is 0. The summed E-state index contributed by atoms with van der Waals surface area (Å²) < 4.78 is 36.5. The fourth-order valence-electron chi connectivity index (χ4n) is 0.900. The first kappa shape index (κ1) is 15.4. The van der Waals surface area contributed by atoms with Gasteiger partial charge in [0.1, 0.15) is 11.4 Å². The monoisotopic (exact) mass is 262 g/mol. The number of hydrogen-bond acceptors (Lipinski definition) is 4. The number of rotatable bonds is 1. The number of aromatic nitrogens is 1. The van der Waals surface area contributed by atoms with Crippen molar-refractivity contribution in [2.75, 3.05) is 0 Å². The lowest BCUT2D eigenvalue weighted by Crippen LogP contribution is -2.11. The molecule has 0 spiro atoms. The molecule has 0 aliphatic heterocycles. The molecule has 1 aromatic rings. The summed E-state index contributed by atoms with van der Waals surface area (Å²) in [5, 5.41) is 16.5. The third kappa shape index (κ3) is 4.09. The van der Waals surface area contributed by atoms with Crippen LogP contribution in [-0.4, -0.2) is 21.3 Å². The van der Waals surface area contributed by atoms with Crippen molar-refractivity contribution in [3.63, 3.8) is 0 Å². The molecule has 9 heteroatoms. The summed E-state index contributed by atoms with van der Waals surface area (Å²) in [6.07, 6.45) is 0.221. The molecule has 96 valence electrons. The maximum atomic E-state index is 12.2. The number of alkyl halides is 3. The molecule has 0 aliphatic rings. The first-order valence-corrected chi connectivity index (χ1v) is 4.02. The average Bonchev–Trinajstić information content (AvgIpc) is 2.27. The van der Waals surface area contributed by atoms with Crippen LogP contribution in [0.1, 0.15) is 21.7 Å². The number of carboxylic acids is 1. The van der Waals surface area contributed by atoms with Crippen molar-refractivity contribution < 1.29 is 28.3 Å². The largest absolute Gasteiger partial charge is 0.478 e. The summed E-state index contributed by atoms with van der Waals surface area (Å²) >= 11 is 0. The van der Waals surface area contributed by atoms with E-state index in [0.29, 0.717) is 6.07 Å². The zero-order chi connectivity index (χ0) is 14.3. The smallest absolute Gasteiger partial charge is 0.433 e. The molecule has 0 bridgehead atoms. The lowest BCUT2D eigenvalue weighted by Gasteiger charge is -2.06. The van der Waals surface area contributed by atoms with Crippen LogP contribution in [0.25, 0.3) is 0 Å². The molecule has 0 amide bonds. The molecular formula is C9H5F3N2O4. The Morgan fingerprint density at radius 3 is 2.28 bits per heavy atom. The van der Waals surface area contributed by atoms with Crippen molar-refractivity contribution in [1.29, 1.82) is 0 Å². The van der Waals surface area contributed by atoms with E-state index >= 15 is 0 Å². The van der Waals surface area contributed by atoms with E-state index in [9.17, 15) is 18.0 Å². The maximum absolute atomic E-state index is 12.2. The van der Waals surface area contributed by atoms with Gasteiger partial charge in [-0.1, -0.05) is 0 Å². The van der Waals surface area contributed by atoms with Gasteiger partial charge in [-0.15, -0.1) is 11.3 Å². The predicted octanol–water partition coefficient (Wildman–Crippen LogP) is 1.92. The van der Waals surface area contributed by atoms with Crippen molar-refractivity contribution in [3.8, 4) is 12.3 Å². The van der Waals surface area contributed by atoms with Gasteiger partial charge in [-0.25, -0.2) is 9.78 Å². The van der Waals surface area contributed by atoms with Crippen molar-refractivity contribution in [1.82, 2.24) is 4.98 Å². The van der Waals surface area contributed by atoms with Crippen molar-refractivity contribution in [2.24, 2.45) is 5.34 Å². The van der Waals surface area contributed by atoms with Gasteiger partial charge in [-0.3, -0.25) is 0 Å². The Labute approximate surface area is 98.0 Å². The highest BCUT2D eigenvalue weighted by Crippen LogP contribution is 2.28. The first-order valence-electron chi connectivity index (χ1n) is 4.02. The quantitative estimate of drug-likeness (QED) is 0.457. The van der Waals surface area contributed by atoms with Gasteiger partial charge in [0.25, 0.3) is 0 Å². The van der Waals surface area contributed by atoms with Crippen LogP contribution < -0.4 is 0 Å². The highest BCUT2D eigenvalue weighted by Gasteiger charge is 2.33. The summed E-state index contributed by atoms with van der Waals surface area (Å²) in [5.74, 6) is 0.385. The number of nitrogens with zero attached hydrogens (tertiary/aromatic N) is 2. The zero-order valence-electron chi connectivity index (χ0n) is 8.47.